The van der Waals surface area contributed by atoms with Crippen LogP contribution >= 0.6 is 0 Å². The van der Waals surface area contributed by atoms with Crippen molar-refractivity contribution < 1.29 is 9.53 Å². The molecule has 0 spiro atoms. The van der Waals surface area contributed by atoms with Crippen LogP contribution in [0.15, 0.2) is 42.7 Å². The number of carbonyl (C=O) groups is 1. The molecule has 2 rings (SSSR count). The SMILES string of the molecule is CC(C)Oc1ccc(C=O)cc1-c1cccnc1. The van der Waals surface area contributed by atoms with E-state index in [-0.39, 0.29) is 6.10 Å². The predicted molar refractivity (Wildman–Crippen MR) is 70.8 cm³/mol. The van der Waals surface area contributed by atoms with Crippen molar-refractivity contribution in [1.82, 2.24) is 4.98 Å². The van der Waals surface area contributed by atoms with Crippen LogP contribution in [0.2, 0.25) is 0 Å². The summed E-state index contributed by atoms with van der Waals surface area (Å²) in [6.07, 6.45) is 4.40. The highest BCUT2D eigenvalue weighted by Gasteiger charge is 2.09. The summed E-state index contributed by atoms with van der Waals surface area (Å²) in [4.78, 5) is 15.0. The average molecular weight is 241 g/mol. The van der Waals surface area contributed by atoms with Crippen LogP contribution in [0.1, 0.15) is 24.2 Å². The summed E-state index contributed by atoms with van der Waals surface area (Å²) in [5.74, 6) is 0.767. The molecule has 18 heavy (non-hydrogen) atoms. The number of hydrogen-bond acceptors (Lipinski definition) is 3. The van der Waals surface area contributed by atoms with Crippen LogP contribution in [0.4, 0.5) is 0 Å². The Bertz CT molecular complexity index is 535. The van der Waals surface area contributed by atoms with E-state index in [1.54, 1.807) is 18.5 Å². The zero-order chi connectivity index (χ0) is 13.0. The van der Waals surface area contributed by atoms with E-state index in [1.807, 2.05) is 38.1 Å². The first-order chi connectivity index (χ1) is 8.70. The Balaban J connectivity index is 2.51. The van der Waals surface area contributed by atoms with E-state index in [4.69, 9.17) is 4.74 Å². The molecule has 0 radical (unpaired) electrons. The predicted octanol–water partition coefficient (Wildman–Crippen LogP) is 3.35. The first-order valence-electron chi connectivity index (χ1n) is 5.87. The molecule has 0 fully saturated rings. The summed E-state index contributed by atoms with van der Waals surface area (Å²) in [5, 5.41) is 0. The number of hydrogen-bond donors (Lipinski definition) is 0. The Kier molecular flexibility index (Phi) is 3.72. The van der Waals surface area contributed by atoms with Crippen LogP contribution < -0.4 is 4.74 Å². The van der Waals surface area contributed by atoms with Crippen molar-refractivity contribution in [3.63, 3.8) is 0 Å². The second kappa shape index (κ2) is 5.45. The fourth-order valence-corrected chi connectivity index (χ4v) is 1.73. The molecule has 3 heteroatoms. The van der Waals surface area contributed by atoms with Gasteiger partial charge in [-0.1, -0.05) is 6.07 Å². The van der Waals surface area contributed by atoms with E-state index < -0.39 is 0 Å². The summed E-state index contributed by atoms with van der Waals surface area (Å²) < 4.78 is 5.76. The number of nitrogens with zero attached hydrogens (tertiary/aromatic N) is 1. The molecular formula is C15H15NO2. The normalized spacial score (nSPS) is 10.4. The van der Waals surface area contributed by atoms with Crippen LogP contribution in [0.25, 0.3) is 11.1 Å². The third kappa shape index (κ3) is 2.74. The lowest BCUT2D eigenvalue weighted by Crippen LogP contribution is -2.06. The smallest absolute Gasteiger partial charge is 0.150 e. The van der Waals surface area contributed by atoms with Gasteiger partial charge in [0.25, 0.3) is 0 Å². The fourth-order valence-electron chi connectivity index (χ4n) is 1.73. The molecule has 0 bridgehead atoms. The minimum Gasteiger partial charge on any atom is -0.490 e. The van der Waals surface area contributed by atoms with Gasteiger partial charge in [0.2, 0.25) is 0 Å². The Labute approximate surface area is 106 Å². The quantitative estimate of drug-likeness (QED) is 0.770. The third-order valence-corrected chi connectivity index (χ3v) is 2.47. The van der Waals surface area contributed by atoms with Crippen molar-refractivity contribution >= 4 is 6.29 Å². The standard InChI is InChI=1S/C15H15NO2/c1-11(2)18-15-6-5-12(10-17)8-14(15)13-4-3-7-16-9-13/h3-11H,1-2H3. The molecule has 2 aromatic rings. The van der Waals surface area contributed by atoms with Crippen molar-refractivity contribution in [2.45, 2.75) is 20.0 Å². The molecule has 0 N–H and O–H groups in total. The molecule has 92 valence electrons. The van der Waals surface area contributed by atoms with Gasteiger partial charge in [-0.25, -0.2) is 0 Å². The van der Waals surface area contributed by atoms with E-state index in [0.717, 1.165) is 23.2 Å². The Morgan fingerprint density at radius 3 is 2.72 bits per heavy atom. The number of ether oxygens (including phenoxy) is 1. The molecule has 0 atom stereocenters. The number of rotatable bonds is 4. The Morgan fingerprint density at radius 2 is 2.11 bits per heavy atom. The van der Waals surface area contributed by atoms with Gasteiger partial charge < -0.3 is 4.74 Å². The molecule has 0 aliphatic rings. The van der Waals surface area contributed by atoms with Crippen molar-refractivity contribution in [1.29, 1.82) is 0 Å². The Hall–Kier alpha value is -2.16. The van der Waals surface area contributed by atoms with Gasteiger partial charge in [-0.15, -0.1) is 0 Å². The monoisotopic (exact) mass is 241 g/mol. The Morgan fingerprint density at radius 1 is 1.28 bits per heavy atom. The van der Waals surface area contributed by atoms with E-state index in [1.165, 1.54) is 0 Å². The maximum absolute atomic E-state index is 10.9. The van der Waals surface area contributed by atoms with Crippen LogP contribution in [-0.4, -0.2) is 17.4 Å². The molecule has 0 saturated carbocycles. The zero-order valence-corrected chi connectivity index (χ0v) is 10.5. The highest BCUT2D eigenvalue weighted by atomic mass is 16.5. The molecule has 1 aromatic carbocycles. The maximum atomic E-state index is 10.9. The van der Waals surface area contributed by atoms with E-state index in [2.05, 4.69) is 4.98 Å². The average Bonchev–Trinajstić information content (AvgIpc) is 2.39. The largest absolute Gasteiger partial charge is 0.490 e. The lowest BCUT2D eigenvalue weighted by Gasteiger charge is -2.14. The number of aldehydes is 1. The minimum atomic E-state index is 0.0857. The highest BCUT2D eigenvalue weighted by Crippen LogP contribution is 2.30. The lowest BCUT2D eigenvalue weighted by molar-refractivity contribution is 0.112. The molecule has 0 amide bonds. The maximum Gasteiger partial charge on any atom is 0.150 e. The second-order valence-corrected chi connectivity index (χ2v) is 4.28. The van der Waals surface area contributed by atoms with Gasteiger partial charge in [-0.3, -0.25) is 9.78 Å². The van der Waals surface area contributed by atoms with Crippen molar-refractivity contribution in [2.24, 2.45) is 0 Å². The van der Waals surface area contributed by atoms with Crippen LogP contribution in [0.5, 0.6) is 5.75 Å². The van der Waals surface area contributed by atoms with Crippen LogP contribution in [0, 0.1) is 0 Å². The number of aromatic nitrogens is 1. The molecule has 3 nitrogen and oxygen atoms in total. The molecule has 0 aliphatic heterocycles. The van der Waals surface area contributed by atoms with E-state index in [9.17, 15) is 4.79 Å². The molecule has 1 aromatic heterocycles. The van der Waals surface area contributed by atoms with Gasteiger partial charge in [0.1, 0.15) is 12.0 Å². The van der Waals surface area contributed by atoms with Crippen LogP contribution in [-0.2, 0) is 0 Å². The molecule has 0 saturated heterocycles. The van der Waals surface area contributed by atoms with Crippen LogP contribution in [0.3, 0.4) is 0 Å². The third-order valence-electron chi connectivity index (χ3n) is 2.47. The van der Waals surface area contributed by atoms with Gasteiger partial charge >= 0.3 is 0 Å². The van der Waals surface area contributed by atoms with Gasteiger partial charge in [0, 0.05) is 29.1 Å². The number of carbonyl (C=O) groups excluding carboxylic acids is 1. The number of benzene rings is 1. The van der Waals surface area contributed by atoms with Crippen molar-refractivity contribution in [3.05, 3.63) is 48.3 Å². The summed E-state index contributed by atoms with van der Waals surface area (Å²) in [5.41, 5.74) is 2.46. The van der Waals surface area contributed by atoms with E-state index >= 15 is 0 Å². The fraction of sp³-hybridized carbons (Fsp3) is 0.200. The molecular weight excluding hydrogens is 226 g/mol. The molecule has 1 heterocycles. The molecule has 0 aliphatic carbocycles. The summed E-state index contributed by atoms with van der Waals surface area (Å²) >= 11 is 0. The first-order valence-corrected chi connectivity index (χ1v) is 5.87. The summed E-state index contributed by atoms with van der Waals surface area (Å²) in [6.45, 7) is 3.95. The van der Waals surface area contributed by atoms with Gasteiger partial charge in [-0.2, -0.15) is 0 Å². The number of pyridine rings is 1. The minimum absolute atomic E-state index is 0.0857. The lowest BCUT2D eigenvalue weighted by atomic mass is 10.0. The first kappa shape index (κ1) is 12.3. The summed E-state index contributed by atoms with van der Waals surface area (Å²) in [6, 6.07) is 9.21. The zero-order valence-electron chi connectivity index (χ0n) is 10.5. The molecule has 0 unspecified atom stereocenters. The van der Waals surface area contributed by atoms with Gasteiger partial charge in [-0.05, 0) is 38.1 Å². The topological polar surface area (TPSA) is 39.2 Å². The van der Waals surface area contributed by atoms with Crippen molar-refractivity contribution in [3.8, 4) is 16.9 Å². The summed E-state index contributed by atoms with van der Waals surface area (Å²) in [7, 11) is 0. The van der Waals surface area contributed by atoms with Crippen molar-refractivity contribution in [2.75, 3.05) is 0 Å². The van der Waals surface area contributed by atoms with E-state index in [0.29, 0.717) is 5.56 Å². The van der Waals surface area contributed by atoms with Gasteiger partial charge in [0.05, 0.1) is 6.10 Å². The van der Waals surface area contributed by atoms with Gasteiger partial charge in [0.15, 0.2) is 0 Å². The second-order valence-electron chi connectivity index (χ2n) is 4.28. The highest BCUT2D eigenvalue weighted by molar-refractivity contribution is 5.81.